The molecule has 3 atom stereocenters. The number of aromatic amines is 1. The Morgan fingerprint density at radius 3 is 3.06 bits per heavy atom. The predicted octanol–water partition coefficient (Wildman–Crippen LogP) is -0.505. The van der Waals surface area contributed by atoms with E-state index >= 15 is 0 Å². The molecule has 1 aliphatic rings. The first kappa shape index (κ1) is 12.4. The minimum absolute atomic E-state index is 0.265. The van der Waals surface area contributed by atoms with E-state index in [2.05, 4.69) is 15.0 Å². The van der Waals surface area contributed by atoms with E-state index in [1.54, 1.807) is 0 Å². The summed E-state index contributed by atoms with van der Waals surface area (Å²) in [6.45, 7) is -0.307. The van der Waals surface area contributed by atoms with Gasteiger partial charge in [-0.05, 0) is 5.53 Å². The lowest BCUT2D eigenvalue weighted by Crippen LogP contribution is -2.31. The predicted molar refractivity (Wildman–Crippen MR) is 59.9 cm³/mol. The number of azide groups is 1. The van der Waals surface area contributed by atoms with Crippen molar-refractivity contribution in [3.8, 4) is 0 Å². The van der Waals surface area contributed by atoms with Crippen LogP contribution >= 0.6 is 0 Å². The van der Waals surface area contributed by atoms with Gasteiger partial charge in [0.2, 0.25) is 0 Å². The first-order chi connectivity index (χ1) is 8.65. The smallest absolute Gasteiger partial charge is 0.330 e. The van der Waals surface area contributed by atoms with Gasteiger partial charge in [-0.15, -0.1) is 0 Å². The van der Waals surface area contributed by atoms with Crippen molar-refractivity contribution in [2.45, 2.75) is 24.8 Å². The van der Waals surface area contributed by atoms with E-state index in [1.807, 2.05) is 0 Å². The molecule has 96 valence electrons. The van der Waals surface area contributed by atoms with Crippen LogP contribution in [0.5, 0.6) is 0 Å². The molecule has 1 fully saturated rings. The third kappa shape index (κ3) is 2.28. The summed E-state index contributed by atoms with van der Waals surface area (Å²) in [6, 6.07) is 0.656. The molecule has 0 bridgehead atoms. The molecule has 9 heteroatoms. The molecular formula is C9H11N5O4. The molecule has 0 aromatic carbocycles. The number of nitrogens with one attached hydrogen (secondary N) is 1. The van der Waals surface area contributed by atoms with Crippen LogP contribution in [0.4, 0.5) is 0 Å². The van der Waals surface area contributed by atoms with Crippen molar-refractivity contribution in [2.24, 2.45) is 5.11 Å². The SMILES string of the molecule is [N-]=[N+]=N[C@H]1C[C@@H](n2ccc(=O)[nH]c2=O)O[C@H]1CO. The molecule has 0 unspecified atom stereocenters. The van der Waals surface area contributed by atoms with Crippen molar-refractivity contribution in [3.05, 3.63) is 43.5 Å². The highest BCUT2D eigenvalue weighted by atomic mass is 16.5. The molecule has 18 heavy (non-hydrogen) atoms. The van der Waals surface area contributed by atoms with Crippen LogP contribution in [0.1, 0.15) is 12.6 Å². The topological polar surface area (TPSA) is 133 Å². The quantitative estimate of drug-likeness (QED) is 0.426. The van der Waals surface area contributed by atoms with Crippen molar-refractivity contribution < 1.29 is 9.84 Å². The summed E-state index contributed by atoms with van der Waals surface area (Å²) >= 11 is 0. The fourth-order valence-corrected chi connectivity index (χ4v) is 1.89. The maximum atomic E-state index is 11.5. The van der Waals surface area contributed by atoms with Crippen LogP contribution in [0, 0.1) is 0 Å². The molecule has 2 heterocycles. The van der Waals surface area contributed by atoms with Crippen LogP contribution in [0.15, 0.2) is 27.0 Å². The highest BCUT2D eigenvalue weighted by molar-refractivity contribution is 4.90. The Labute approximate surface area is 100 Å². The van der Waals surface area contributed by atoms with Gasteiger partial charge in [-0.2, -0.15) is 0 Å². The zero-order valence-corrected chi connectivity index (χ0v) is 9.26. The molecule has 2 rings (SSSR count). The summed E-state index contributed by atoms with van der Waals surface area (Å²) < 4.78 is 6.60. The third-order valence-corrected chi connectivity index (χ3v) is 2.75. The van der Waals surface area contributed by atoms with Gasteiger partial charge in [0.1, 0.15) is 6.23 Å². The number of hydrogen-bond acceptors (Lipinski definition) is 5. The first-order valence-electron chi connectivity index (χ1n) is 5.27. The van der Waals surface area contributed by atoms with E-state index in [0.29, 0.717) is 0 Å². The average Bonchev–Trinajstić information content (AvgIpc) is 2.72. The van der Waals surface area contributed by atoms with Crippen LogP contribution in [-0.4, -0.2) is 33.4 Å². The largest absolute Gasteiger partial charge is 0.394 e. The number of aliphatic hydroxyl groups is 1. The van der Waals surface area contributed by atoms with Crippen molar-refractivity contribution in [1.29, 1.82) is 0 Å². The molecule has 2 N–H and O–H groups in total. The van der Waals surface area contributed by atoms with Gasteiger partial charge >= 0.3 is 5.69 Å². The normalized spacial score (nSPS) is 26.8. The Balaban J connectivity index is 2.28. The summed E-state index contributed by atoms with van der Waals surface area (Å²) in [7, 11) is 0. The molecule has 1 aromatic heterocycles. The summed E-state index contributed by atoms with van der Waals surface area (Å²) in [6.07, 6.45) is 0.256. The fraction of sp³-hybridized carbons (Fsp3) is 0.556. The van der Waals surface area contributed by atoms with Crippen molar-refractivity contribution in [3.63, 3.8) is 0 Å². The second-order valence-corrected chi connectivity index (χ2v) is 3.84. The lowest BCUT2D eigenvalue weighted by molar-refractivity contribution is -0.0270. The van der Waals surface area contributed by atoms with E-state index in [-0.39, 0.29) is 13.0 Å². The van der Waals surface area contributed by atoms with Crippen LogP contribution < -0.4 is 11.2 Å². The van der Waals surface area contributed by atoms with Crippen LogP contribution in [0.3, 0.4) is 0 Å². The number of aliphatic hydroxyl groups excluding tert-OH is 1. The Kier molecular flexibility index (Phi) is 3.47. The monoisotopic (exact) mass is 253 g/mol. The van der Waals surface area contributed by atoms with Crippen molar-refractivity contribution >= 4 is 0 Å². The highest BCUT2D eigenvalue weighted by Crippen LogP contribution is 2.29. The summed E-state index contributed by atoms with van der Waals surface area (Å²) in [5, 5.41) is 12.6. The van der Waals surface area contributed by atoms with Crippen LogP contribution in [0.2, 0.25) is 0 Å². The average molecular weight is 253 g/mol. The Bertz CT molecular complexity index is 587. The molecule has 1 aromatic rings. The van der Waals surface area contributed by atoms with Gasteiger partial charge < -0.3 is 9.84 Å². The Hall–Kier alpha value is -2.09. The van der Waals surface area contributed by atoms with Crippen molar-refractivity contribution in [1.82, 2.24) is 9.55 Å². The Morgan fingerprint density at radius 1 is 1.67 bits per heavy atom. The molecule has 0 radical (unpaired) electrons. The lowest BCUT2D eigenvalue weighted by atomic mass is 10.1. The minimum atomic E-state index is -0.665. The van der Waals surface area contributed by atoms with E-state index in [0.717, 1.165) is 0 Å². The number of hydrogen-bond donors (Lipinski definition) is 2. The maximum Gasteiger partial charge on any atom is 0.330 e. The van der Waals surface area contributed by atoms with Gasteiger partial charge in [0.05, 0.1) is 18.8 Å². The molecule has 9 nitrogen and oxygen atoms in total. The van der Waals surface area contributed by atoms with E-state index < -0.39 is 29.6 Å². The second-order valence-electron chi connectivity index (χ2n) is 3.84. The van der Waals surface area contributed by atoms with Gasteiger partial charge in [0.25, 0.3) is 5.56 Å². The first-order valence-corrected chi connectivity index (χ1v) is 5.27. The minimum Gasteiger partial charge on any atom is -0.394 e. The maximum absolute atomic E-state index is 11.5. The van der Waals surface area contributed by atoms with Crippen molar-refractivity contribution in [2.75, 3.05) is 6.61 Å². The Morgan fingerprint density at radius 2 is 2.44 bits per heavy atom. The highest BCUT2D eigenvalue weighted by Gasteiger charge is 2.35. The number of ether oxygens (including phenoxy) is 1. The summed E-state index contributed by atoms with van der Waals surface area (Å²) in [5.74, 6) is 0. The van der Waals surface area contributed by atoms with Crippen LogP contribution in [-0.2, 0) is 4.74 Å². The van der Waals surface area contributed by atoms with Gasteiger partial charge in [-0.1, -0.05) is 5.11 Å². The van der Waals surface area contributed by atoms with Gasteiger partial charge in [0, 0.05) is 23.6 Å². The zero-order valence-electron chi connectivity index (χ0n) is 9.26. The number of nitrogens with zero attached hydrogens (tertiary/aromatic N) is 4. The molecule has 0 amide bonds. The van der Waals surface area contributed by atoms with Gasteiger partial charge in [-0.3, -0.25) is 14.3 Å². The van der Waals surface area contributed by atoms with E-state index in [1.165, 1.54) is 16.8 Å². The molecular weight excluding hydrogens is 242 g/mol. The lowest BCUT2D eigenvalue weighted by Gasteiger charge is -2.13. The molecule has 0 saturated carbocycles. The van der Waals surface area contributed by atoms with E-state index in [9.17, 15) is 9.59 Å². The summed E-state index contributed by atoms with van der Waals surface area (Å²) in [4.78, 5) is 27.2. The number of H-pyrrole nitrogens is 1. The third-order valence-electron chi connectivity index (χ3n) is 2.75. The molecule has 1 saturated heterocycles. The van der Waals surface area contributed by atoms with E-state index in [4.69, 9.17) is 15.4 Å². The fourth-order valence-electron chi connectivity index (χ4n) is 1.89. The van der Waals surface area contributed by atoms with Gasteiger partial charge in [0.15, 0.2) is 0 Å². The molecule has 0 aliphatic carbocycles. The van der Waals surface area contributed by atoms with Gasteiger partial charge in [-0.25, -0.2) is 4.79 Å². The molecule has 0 spiro atoms. The zero-order chi connectivity index (χ0) is 13.1. The second kappa shape index (κ2) is 5.05. The molecule has 1 aliphatic heterocycles. The summed E-state index contributed by atoms with van der Waals surface area (Å²) in [5.41, 5.74) is 7.29. The van der Waals surface area contributed by atoms with Crippen LogP contribution in [0.25, 0.3) is 10.4 Å². The standard InChI is InChI=1S/C9H11N5O4/c10-13-12-5-3-8(18-6(5)4-15)14-2-1-7(16)11-9(14)17/h1-2,5-6,8,15H,3-4H2,(H,11,16,17)/t5-,6-,8-/m0/s1. The number of rotatable bonds is 3. The number of aromatic nitrogens is 2.